The van der Waals surface area contributed by atoms with Gasteiger partial charge < -0.3 is 10.4 Å². The van der Waals surface area contributed by atoms with Crippen LogP contribution in [0, 0.1) is 0 Å². The van der Waals surface area contributed by atoms with Gasteiger partial charge in [-0.05, 0) is 0 Å². The maximum Gasteiger partial charge on any atom is 0.253 e. The summed E-state index contributed by atoms with van der Waals surface area (Å²) in [7, 11) is 0. The van der Waals surface area contributed by atoms with Gasteiger partial charge in [0.05, 0.1) is 6.26 Å². The minimum atomic E-state index is -0.412. The van der Waals surface area contributed by atoms with Crippen molar-refractivity contribution in [3.8, 4) is 0 Å². The molecule has 2 N–H and O–H groups in total. The molecule has 1 heterocycles. The molecule has 0 aromatic rings. The summed E-state index contributed by atoms with van der Waals surface area (Å²) < 4.78 is 0. The van der Waals surface area contributed by atoms with E-state index >= 15 is 0 Å². The smallest absolute Gasteiger partial charge is 0.253 e. The number of nitrogens with one attached hydrogen (secondary N) is 1. The Labute approximate surface area is 85.9 Å². The Hall–Kier alpha value is -2.11. The van der Waals surface area contributed by atoms with E-state index < -0.39 is 11.8 Å². The molecule has 0 unspecified atom stereocenters. The van der Waals surface area contributed by atoms with Crippen molar-refractivity contribution < 1.29 is 19.5 Å². The molecule has 0 bridgehead atoms. The van der Waals surface area contributed by atoms with Crippen molar-refractivity contribution in [1.29, 1.82) is 0 Å². The van der Waals surface area contributed by atoms with Crippen LogP contribution in [0.5, 0.6) is 0 Å². The first-order valence-electron chi connectivity index (χ1n) is 4.27. The lowest BCUT2D eigenvalue weighted by atomic mass is 10.3. The van der Waals surface area contributed by atoms with Crippen LogP contribution in [0.2, 0.25) is 0 Å². The molecule has 6 nitrogen and oxygen atoms in total. The van der Waals surface area contributed by atoms with E-state index in [1.165, 1.54) is 0 Å². The molecule has 0 saturated carbocycles. The highest BCUT2D eigenvalue weighted by molar-refractivity contribution is 6.13. The van der Waals surface area contributed by atoms with Gasteiger partial charge in [0.15, 0.2) is 0 Å². The molecule has 0 atom stereocenters. The summed E-state index contributed by atoms with van der Waals surface area (Å²) in [5.41, 5.74) is 0. The zero-order valence-corrected chi connectivity index (χ0v) is 7.84. The van der Waals surface area contributed by atoms with Gasteiger partial charge in [0, 0.05) is 31.3 Å². The predicted molar refractivity (Wildman–Crippen MR) is 50.4 cm³/mol. The van der Waals surface area contributed by atoms with Gasteiger partial charge in [-0.2, -0.15) is 0 Å². The molecule has 0 aliphatic carbocycles. The highest BCUT2D eigenvalue weighted by Gasteiger charge is 2.23. The normalized spacial score (nSPS) is 15.3. The number of rotatable bonds is 4. The van der Waals surface area contributed by atoms with Crippen molar-refractivity contribution in [2.75, 3.05) is 6.54 Å². The third kappa shape index (κ3) is 2.94. The molecular weight excluding hydrogens is 200 g/mol. The maximum atomic E-state index is 11.0. The maximum absolute atomic E-state index is 11.0. The Morgan fingerprint density at radius 3 is 2.53 bits per heavy atom. The van der Waals surface area contributed by atoms with Crippen LogP contribution in [-0.4, -0.2) is 34.3 Å². The molecule has 6 heteroatoms. The summed E-state index contributed by atoms with van der Waals surface area (Å²) in [6.07, 6.45) is 4.07. The second-order valence-corrected chi connectivity index (χ2v) is 2.79. The van der Waals surface area contributed by atoms with E-state index in [0.717, 1.165) is 23.3 Å². The molecule has 0 spiro atoms. The lowest BCUT2D eigenvalue weighted by molar-refractivity contribution is -0.137. The summed E-state index contributed by atoms with van der Waals surface area (Å²) in [5.74, 6) is -1.20. The molecule has 15 heavy (non-hydrogen) atoms. The SMILES string of the molecule is O=C(CCN1C(=O)C=CC1=O)N/C=C/O. The molecule has 1 aliphatic heterocycles. The van der Waals surface area contributed by atoms with Crippen LogP contribution >= 0.6 is 0 Å². The van der Waals surface area contributed by atoms with Crippen molar-refractivity contribution in [2.45, 2.75) is 6.42 Å². The Morgan fingerprint density at radius 1 is 1.40 bits per heavy atom. The molecule has 0 radical (unpaired) electrons. The second-order valence-electron chi connectivity index (χ2n) is 2.79. The fraction of sp³-hybridized carbons (Fsp3) is 0.222. The zero-order chi connectivity index (χ0) is 11.3. The molecule has 80 valence electrons. The topological polar surface area (TPSA) is 86.7 Å². The highest BCUT2D eigenvalue weighted by atomic mass is 16.2. The average molecular weight is 210 g/mol. The van der Waals surface area contributed by atoms with Gasteiger partial charge in [-0.15, -0.1) is 0 Å². The standard InChI is InChI=1S/C9H10N2O4/c12-6-4-10-7(13)3-5-11-8(14)1-2-9(11)15/h1-2,4,6,12H,3,5H2,(H,10,13)/b6-4+. The Bertz CT molecular complexity index is 328. The quantitative estimate of drug-likeness (QED) is 0.481. The van der Waals surface area contributed by atoms with Gasteiger partial charge in [-0.3, -0.25) is 19.3 Å². The van der Waals surface area contributed by atoms with Gasteiger partial charge in [0.25, 0.3) is 11.8 Å². The van der Waals surface area contributed by atoms with Crippen molar-refractivity contribution in [3.63, 3.8) is 0 Å². The summed E-state index contributed by atoms with van der Waals surface area (Å²) in [5, 5.41) is 10.5. The van der Waals surface area contributed by atoms with Crippen LogP contribution in [0.4, 0.5) is 0 Å². The minimum Gasteiger partial charge on any atom is -0.514 e. The Morgan fingerprint density at radius 2 is 2.00 bits per heavy atom. The highest BCUT2D eigenvalue weighted by Crippen LogP contribution is 2.03. The van der Waals surface area contributed by atoms with Gasteiger partial charge in [0.1, 0.15) is 0 Å². The lowest BCUT2D eigenvalue weighted by Crippen LogP contribution is -2.33. The monoisotopic (exact) mass is 210 g/mol. The van der Waals surface area contributed by atoms with Gasteiger partial charge >= 0.3 is 0 Å². The number of hydrogen-bond donors (Lipinski definition) is 2. The van der Waals surface area contributed by atoms with E-state index in [0.29, 0.717) is 6.26 Å². The number of carbonyl (C=O) groups is 3. The number of hydrogen-bond acceptors (Lipinski definition) is 4. The van der Waals surface area contributed by atoms with Crippen LogP contribution in [0.15, 0.2) is 24.6 Å². The van der Waals surface area contributed by atoms with Gasteiger partial charge in [-0.1, -0.05) is 0 Å². The number of nitrogens with zero attached hydrogens (tertiary/aromatic N) is 1. The molecule has 0 aromatic heterocycles. The Kier molecular flexibility index (Phi) is 3.61. The zero-order valence-electron chi connectivity index (χ0n) is 7.84. The summed E-state index contributed by atoms with van der Waals surface area (Å²) in [6.45, 7) is 0.0375. The molecule has 0 saturated heterocycles. The Balaban J connectivity index is 2.34. The first-order valence-corrected chi connectivity index (χ1v) is 4.27. The van der Waals surface area contributed by atoms with Crippen molar-refractivity contribution in [1.82, 2.24) is 10.2 Å². The number of imide groups is 1. The molecule has 1 aliphatic rings. The van der Waals surface area contributed by atoms with Crippen LogP contribution in [-0.2, 0) is 14.4 Å². The molecular formula is C9H10N2O4. The number of carbonyl (C=O) groups excluding carboxylic acids is 3. The lowest BCUT2D eigenvalue weighted by Gasteiger charge is -2.12. The van der Waals surface area contributed by atoms with Crippen molar-refractivity contribution in [2.24, 2.45) is 0 Å². The molecule has 0 fully saturated rings. The fourth-order valence-electron chi connectivity index (χ4n) is 1.07. The summed E-state index contributed by atoms with van der Waals surface area (Å²) in [4.78, 5) is 34.1. The van der Waals surface area contributed by atoms with Crippen LogP contribution in [0.3, 0.4) is 0 Å². The summed E-state index contributed by atoms with van der Waals surface area (Å²) >= 11 is 0. The second kappa shape index (κ2) is 4.94. The van der Waals surface area contributed by atoms with E-state index in [-0.39, 0.29) is 18.9 Å². The molecule has 3 amide bonds. The molecule has 1 rings (SSSR count). The largest absolute Gasteiger partial charge is 0.514 e. The first kappa shape index (κ1) is 11.0. The van der Waals surface area contributed by atoms with Crippen molar-refractivity contribution >= 4 is 17.7 Å². The molecule has 0 aromatic carbocycles. The van der Waals surface area contributed by atoms with E-state index in [1.807, 2.05) is 0 Å². The third-order valence-electron chi connectivity index (χ3n) is 1.78. The predicted octanol–water partition coefficient (Wildman–Crippen LogP) is -0.553. The van der Waals surface area contributed by atoms with Gasteiger partial charge in [-0.25, -0.2) is 0 Å². The number of amides is 3. The van der Waals surface area contributed by atoms with Crippen LogP contribution in [0.1, 0.15) is 6.42 Å². The van der Waals surface area contributed by atoms with E-state index in [4.69, 9.17) is 5.11 Å². The average Bonchev–Trinajstić information content (AvgIpc) is 2.53. The van der Waals surface area contributed by atoms with Gasteiger partial charge in [0.2, 0.25) is 5.91 Å². The summed E-state index contributed by atoms with van der Waals surface area (Å²) in [6, 6.07) is 0. The van der Waals surface area contributed by atoms with Crippen LogP contribution < -0.4 is 5.32 Å². The van der Waals surface area contributed by atoms with Crippen LogP contribution in [0.25, 0.3) is 0 Å². The first-order chi connectivity index (χ1) is 7.15. The van der Waals surface area contributed by atoms with E-state index in [1.54, 1.807) is 0 Å². The number of aliphatic hydroxyl groups is 1. The fourth-order valence-corrected chi connectivity index (χ4v) is 1.07. The van der Waals surface area contributed by atoms with E-state index in [2.05, 4.69) is 5.32 Å². The van der Waals surface area contributed by atoms with Crippen molar-refractivity contribution in [3.05, 3.63) is 24.6 Å². The minimum absolute atomic E-state index is 0.00347. The third-order valence-corrected chi connectivity index (χ3v) is 1.78. The van der Waals surface area contributed by atoms with E-state index in [9.17, 15) is 14.4 Å². The number of aliphatic hydroxyl groups excluding tert-OH is 1.